The monoisotopic (exact) mass is 385 g/mol. The molecule has 3 rings (SSSR count). The van der Waals surface area contributed by atoms with Crippen molar-refractivity contribution in [1.82, 2.24) is 20.4 Å². The Morgan fingerprint density at radius 3 is 2.44 bits per heavy atom. The Balaban J connectivity index is 1.39. The average molecular weight is 386 g/mol. The largest absolute Gasteiger partial charge is 0.356 e. The van der Waals surface area contributed by atoms with Crippen LogP contribution in [0.3, 0.4) is 0 Å². The molecule has 1 aromatic heterocycles. The standard InChI is InChI=1S/C21H31N5S/c1-22-21(23-10-9-20-4-3-15-27-20)24-16-18-5-7-19(8-6-18)17-26-13-11-25(2)12-14-26/h3-8,15H,9-14,16-17H2,1-2H3,(H2,22,23,24). The van der Waals surface area contributed by atoms with Gasteiger partial charge in [0.2, 0.25) is 0 Å². The molecule has 6 heteroatoms. The molecule has 1 fully saturated rings. The maximum Gasteiger partial charge on any atom is 0.191 e. The Morgan fingerprint density at radius 1 is 1.04 bits per heavy atom. The summed E-state index contributed by atoms with van der Waals surface area (Å²) >= 11 is 1.80. The van der Waals surface area contributed by atoms with Crippen LogP contribution in [-0.2, 0) is 19.5 Å². The van der Waals surface area contributed by atoms with Crippen LogP contribution >= 0.6 is 11.3 Å². The zero-order chi connectivity index (χ0) is 18.9. The SMILES string of the molecule is CN=C(NCCc1cccs1)NCc1ccc(CN2CCN(C)CC2)cc1. The van der Waals surface area contributed by atoms with Gasteiger partial charge in [0.15, 0.2) is 5.96 Å². The minimum absolute atomic E-state index is 0.785. The van der Waals surface area contributed by atoms with Gasteiger partial charge in [0.1, 0.15) is 0 Å². The molecule has 0 atom stereocenters. The van der Waals surface area contributed by atoms with E-state index in [0.29, 0.717) is 0 Å². The Kier molecular flexibility index (Phi) is 7.68. The number of piperazine rings is 1. The van der Waals surface area contributed by atoms with Gasteiger partial charge in [0, 0.05) is 57.7 Å². The summed E-state index contributed by atoms with van der Waals surface area (Å²) < 4.78 is 0. The number of nitrogens with zero attached hydrogens (tertiary/aromatic N) is 3. The maximum atomic E-state index is 4.31. The molecular formula is C21H31N5S. The van der Waals surface area contributed by atoms with Gasteiger partial charge >= 0.3 is 0 Å². The van der Waals surface area contributed by atoms with E-state index in [1.807, 2.05) is 7.05 Å². The molecule has 1 saturated heterocycles. The second-order valence-electron chi connectivity index (χ2n) is 7.08. The lowest BCUT2D eigenvalue weighted by molar-refractivity contribution is 0.148. The van der Waals surface area contributed by atoms with Crippen LogP contribution in [0.1, 0.15) is 16.0 Å². The van der Waals surface area contributed by atoms with Gasteiger partial charge in [0.05, 0.1) is 0 Å². The minimum Gasteiger partial charge on any atom is -0.356 e. The molecule has 0 amide bonds. The quantitative estimate of drug-likeness (QED) is 0.567. The highest BCUT2D eigenvalue weighted by atomic mass is 32.1. The van der Waals surface area contributed by atoms with E-state index in [1.54, 1.807) is 11.3 Å². The van der Waals surface area contributed by atoms with Crippen molar-refractivity contribution in [3.05, 3.63) is 57.8 Å². The third kappa shape index (κ3) is 6.65. The van der Waals surface area contributed by atoms with Gasteiger partial charge in [-0.3, -0.25) is 9.89 Å². The molecule has 0 bridgehead atoms. The maximum absolute atomic E-state index is 4.31. The molecule has 1 aliphatic rings. The molecule has 146 valence electrons. The first kappa shape index (κ1) is 19.9. The molecular weight excluding hydrogens is 354 g/mol. The number of aliphatic imine (C=N–C) groups is 1. The van der Waals surface area contributed by atoms with E-state index in [2.05, 4.69) is 74.3 Å². The summed E-state index contributed by atoms with van der Waals surface area (Å²) in [4.78, 5) is 10.6. The van der Waals surface area contributed by atoms with E-state index in [4.69, 9.17) is 0 Å². The van der Waals surface area contributed by atoms with Crippen molar-refractivity contribution in [2.75, 3.05) is 46.8 Å². The fraction of sp³-hybridized carbons (Fsp3) is 0.476. The molecule has 0 radical (unpaired) electrons. The molecule has 5 nitrogen and oxygen atoms in total. The van der Waals surface area contributed by atoms with Gasteiger partial charge in [-0.2, -0.15) is 0 Å². The first-order chi connectivity index (χ1) is 13.2. The van der Waals surface area contributed by atoms with Crippen LogP contribution in [-0.4, -0.2) is 62.6 Å². The predicted octanol–water partition coefficient (Wildman–Crippen LogP) is 2.40. The molecule has 0 spiro atoms. The fourth-order valence-electron chi connectivity index (χ4n) is 3.19. The van der Waals surface area contributed by atoms with Crippen molar-refractivity contribution in [2.45, 2.75) is 19.5 Å². The van der Waals surface area contributed by atoms with Gasteiger partial charge in [0.25, 0.3) is 0 Å². The molecule has 2 aromatic rings. The number of rotatable bonds is 7. The first-order valence-corrected chi connectivity index (χ1v) is 10.6. The van der Waals surface area contributed by atoms with Crippen molar-refractivity contribution in [2.24, 2.45) is 4.99 Å². The van der Waals surface area contributed by atoms with E-state index in [1.165, 1.54) is 29.1 Å². The van der Waals surface area contributed by atoms with Crippen LogP contribution in [0.25, 0.3) is 0 Å². The summed E-state index contributed by atoms with van der Waals surface area (Å²) in [6, 6.07) is 13.2. The molecule has 1 aromatic carbocycles. The highest BCUT2D eigenvalue weighted by molar-refractivity contribution is 7.09. The van der Waals surface area contributed by atoms with Gasteiger partial charge < -0.3 is 15.5 Å². The summed E-state index contributed by atoms with van der Waals surface area (Å²) in [5.41, 5.74) is 2.67. The van der Waals surface area contributed by atoms with Crippen LogP contribution < -0.4 is 10.6 Å². The topological polar surface area (TPSA) is 42.9 Å². The van der Waals surface area contributed by atoms with Gasteiger partial charge in [-0.05, 0) is 36.0 Å². The number of thiophene rings is 1. The molecule has 0 saturated carbocycles. The smallest absolute Gasteiger partial charge is 0.191 e. The fourth-order valence-corrected chi connectivity index (χ4v) is 3.90. The van der Waals surface area contributed by atoms with Crippen molar-refractivity contribution in [3.63, 3.8) is 0 Å². The van der Waals surface area contributed by atoms with E-state index < -0.39 is 0 Å². The Bertz CT molecular complexity index is 688. The van der Waals surface area contributed by atoms with E-state index in [9.17, 15) is 0 Å². The second-order valence-corrected chi connectivity index (χ2v) is 8.11. The van der Waals surface area contributed by atoms with E-state index in [-0.39, 0.29) is 0 Å². The third-order valence-electron chi connectivity index (χ3n) is 4.95. The number of guanidine groups is 1. The van der Waals surface area contributed by atoms with Crippen LogP contribution in [0.4, 0.5) is 0 Å². The van der Waals surface area contributed by atoms with Crippen LogP contribution in [0.2, 0.25) is 0 Å². The highest BCUT2D eigenvalue weighted by Gasteiger charge is 2.13. The predicted molar refractivity (Wildman–Crippen MR) is 115 cm³/mol. The lowest BCUT2D eigenvalue weighted by Crippen LogP contribution is -2.43. The van der Waals surface area contributed by atoms with Crippen molar-refractivity contribution in [3.8, 4) is 0 Å². The Hall–Kier alpha value is -1.89. The molecule has 2 N–H and O–H groups in total. The van der Waals surface area contributed by atoms with Crippen molar-refractivity contribution >= 4 is 17.3 Å². The first-order valence-electron chi connectivity index (χ1n) is 9.68. The Labute approximate surface area is 167 Å². The Morgan fingerprint density at radius 2 is 1.78 bits per heavy atom. The summed E-state index contributed by atoms with van der Waals surface area (Å²) in [5.74, 6) is 0.855. The lowest BCUT2D eigenvalue weighted by Gasteiger charge is -2.32. The third-order valence-corrected chi connectivity index (χ3v) is 5.89. The van der Waals surface area contributed by atoms with Gasteiger partial charge in [-0.25, -0.2) is 0 Å². The number of likely N-dealkylation sites (N-methyl/N-ethyl adjacent to an activating group) is 1. The number of benzene rings is 1. The van der Waals surface area contributed by atoms with Crippen LogP contribution in [0.15, 0.2) is 46.8 Å². The van der Waals surface area contributed by atoms with Crippen molar-refractivity contribution < 1.29 is 0 Å². The summed E-state index contributed by atoms with van der Waals surface area (Å²) in [7, 11) is 4.02. The number of hydrogen-bond acceptors (Lipinski definition) is 4. The van der Waals surface area contributed by atoms with E-state index in [0.717, 1.165) is 45.1 Å². The van der Waals surface area contributed by atoms with Gasteiger partial charge in [-0.15, -0.1) is 11.3 Å². The molecule has 27 heavy (non-hydrogen) atoms. The molecule has 0 unspecified atom stereocenters. The number of nitrogens with one attached hydrogen (secondary N) is 2. The normalized spacial score (nSPS) is 16.4. The van der Waals surface area contributed by atoms with E-state index >= 15 is 0 Å². The molecule has 1 aliphatic heterocycles. The highest BCUT2D eigenvalue weighted by Crippen LogP contribution is 2.10. The zero-order valence-electron chi connectivity index (χ0n) is 16.4. The summed E-state index contributed by atoms with van der Waals surface area (Å²) in [6.45, 7) is 7.38. The molecule has 2 heterocycles. The summed E-state index contributed by atoms with van der Waals surface area (Å²) in [6.07, 6.45) is 1.03. The van der Waals surface area contributed by atoms with Crippen LogP contribution in [0.5, 0.6) is 0 Å². The minimum atomic E-state index is 0.785. The number of hydrogen-bond donors (Lipinski definition) is 2. The zero-order valence-corrected chi connectivity index (χ0v) is 17.3. The van der Waals surface area contributed by atoms with Crippen molar-refractivity contribution in [1.29, 1.82) is 0 Å². The second kappa shape index (κ2) is 10.4. The lowest BCUT2D eigenvalue weighted by atomic mass is 10.1. The summed E-state index contributed by atoms with van der Waals surface area (Å²) in [5, 5.41) is 8.90. The van der Waals surface area contributed by atoms with Crippen LogP contribution in [0, 0.1) is 0 Å². The molecule has 0 aliphatic carbocycles. The van der Waals surface area contributed by atoms with Gasteiger partial charge in [-0.1, -0.05) is 30.3 Å². The average Bonchev–Trinajstić information content (AvgIpc) is 3.21.